The number of ether oxygens (including phenoxy) is 1. The van der Waals surface area contributed by atoms with E-state index in [1.54, 1.807) is 25.1 Å². The number of amides is 1. The summed E-state index contributed by atoms with van der Waals surface area (Å²) in [6.07, 6.45) is 3.84. The van der Waals surface area contributed by atoms with Crippen molar-refractivity contribution in [3.8, 4) is 5.75 Å². The van der Waals surface area contributed by atoms with E-state index in [4.69, 9.17) is 9.15 Å². The molecule has 2 heterocycles. The van der Waals surface area contributed by atoms with Gasteiger partial charge >= 0.3 is 0 Å². The van der Waals surface area contributed by atoms with Crippen LogP contribution >= 0.6 is 0 Å². The number of hydrogen-bond donors (Lipinski definition) is 1. The number of rotatable bonds is 8. The topological polar surface area (TPSA) is 97.8 Å². The van der Waals surface area contributed by atoms with E-state index >= 15 is 0 Å². The van der Waals surface area contributed by atoms with Crippen molar-refractivity contribution in [3.63, 3.8) is 0 Å². The van der Waals surface area contributed by atoms with Crippen molar-refractivity contribution < 1.29 is 18.9 Å². The Morgan fingerprint density at radius 3 is 2.55 bits per heavy atom. The third-order valence-corrected chi connectivity index (χ3v) is 5.70. The molecule has 4 rings (SSSR count). The lowest BCUT2D eigenvalue weighted by Gasteiger charge is -2.26. The van der Waals surface area contributed by atoms with E-state index in [-0.39, 0.29) is 24.0 Å². The van der Waals surface area contributed by atoms with E-state index in [1.165, 1.54) is 37.0 Å². The lowest BCUT2D eigenvalue weighted by molar-refractivity contribution is -0.385. The van der Waals surface area contributed by atoms with Crippen molar-refractivity contribution in [2.24, 2.45) is 0 Å². The number of furan rings is 1. The van der Waals surface area contributed by atoms with Gasteiger partial charge in [-0.25, -0.2) is 0 Å². The number of anilines is 1. The van der Waals surface area contributed by atoms with Gasteiger partial charge in [-0.05, 0) is 74.8 Å². The first-order valence-corrected chi connectivity index (χ1v) is 11.1. The number of carbonyl (C=O) groups excluding carboxylic acids is 1. The van der Waals surface area contributed by atoms with Crippen molar-refractivity contribution in [1.82, 2.24) is 4.90 Å². The van der Waals surface area contributed by atoms with E-state index in [1.807, 2.05) is 24.3 Å². The summed E-state index contributed by atoms with van der Waals surface area (Å²) < 4.78 is 11.2. The standard InChI is InChI=1S/C25H27N3O5/c1-18-15-21(9-11-23(18)28(30)31)32-17-22-10-12-24(33-22)25(29)26-20-7-5-19(6-8-20)16-27-13-3-2-4-14-27/h5-12,15H,2-4,13-14,16-17H2,1H3,(H,26,29). The van der Waals surface area contributed by atoms with E-state index in [0.717, 1.165) is 19.6 Å². The first kappa shape index (κ1) is 22.5. The molecule has 1 aliphatic rings. The van der Waals surface area contributed by atoms with Gasteiger partial charge in [0.25, 0.3) is 11.6 Å². The van der Waals surface area contributed by atoms with E-state index in [2.05, 4.69) is 10.2 Å². The average Bonchev–Trinajstić information content (AvgIpc) is 3.29. The number of hydrogen-bond acceptors (Lipinski definition) is 6. The minimum atomic E-state index is -0.432. The van der Waals surface area contributed by atoms with Crippen molar-refractivity contribution in [2.45, 2.75) is 39.3 Å². The normalized spacial score (nSPS) is 14.1. The second-order valence-electron chi connectivity index (χ2n) is 8.25. The van der Waals surface area contributed by atoms with Gasteiger partial charge in [0.1, 0.15) is 18.1 Å². The molecule has 8 heteroatoms. The molecule has 3 aromatic rings. The molecule has 2 aromatic carbocycles. The van der Waals surface area contributed by atoms with Crippen LogP contribution in [0.15, 0.2) is 59.0 Å². The van der Waals surface area contributed by atoms with Crippen LogP contribution in [0, 0.1) is 17.0 Å². The highest BCUT2D eigenvalue weighted by Gasteiger charge is 2.14. The Hall–Kier alpha value is -3.65. The lowest BCUT2D eigenvalue weighted by atomic mass is 10.1. The summed E-state index contributed by atoms with van der Waals surface area (Å²) in [6.45, 7) is 4.99. The number of nitrogens with one attached hydrogen (secondary N) is 1. The van der Waals surface area contributed by atoms with Crippen molar-refractivity contribution in [2.75, 3.05) is 18.4 Å². The summed E-state index contributed by atoms with van der Waals surface area (Å²) in [5.41, 5.74) is 2.49. The highest BCUT2D eigenvalue weighted by atomic mass is 16.6. The monoisotopic (exact) mass is 449 g/mol. The quantitative estimate of drug-likeness (QED) is 0.369. The molecule has 0 aliphatic carbocycles. The maximum Gasteiger partial charge on any atom is 0.291 e. The number of nitro benzene ring substituents is 1. The summed E-state index contributed by atoms with van der Waals surface area (Å²) in [5, 5.41) is 13.8. The molecular formula is C25H27N3O5. The van der Waals surface area contributed by atoms with Gasteiger partial charge in [-0.1, -0.05) is 18.6 Å². The van der Waals surface area contributed by atoms with Crippen molar-refractivity contribution >= 4 is 17.3 Å². The first-order valence-electron chi connectivity index (χ1n) is 11.1. The summed E-state index contributed by atoms with van der Waals surface area (Å²) in [4.78, 5) is 25.5. The van der Waals surface area contributed by atoms with Gasteiger partial charge in [-0.2, -0.15) is 0 Å². The second kappa shape index (κ2) is 10.3. The summed E-state index contributed by atoms with van der Waals surface area (Å²) in [6, 6.07) is 15.7. The predicted octanol–water partition coefficient (Wildman–Crippen LogP) is 5.31. The molecule has 1 aromatic heterocycles. The summed E-state index contributed by atoms with van der Waals surface area (Å²) in [5.74, 6) is 0.820. The number of nitro groups is 1. The van der Waals surface area contributed by atoms with Gasteiger partial charge in [0.15, 0.2) is 5.76 Å². The molecule has 0 radical (unpaired) electrons. The molecule has 33 heavy (non-hydrogen) atoms. The first-order chi connectivity index (χ1) is 16.0. The van der Waals surface area contributed by atoms with Crippen LogP contribution in [0.1, 0.15) is 46.7 Å². The Labute approximate surface area is 192 Å². The maximum atomic E-state index is 12.5. The summed E-state index contributed by atoms with van der Waals surface area (Å²) in [7, 11) is 0. The molecule has 1 aliphatic heterocycles. The molecular weight excluding hydrogens is 422 g/mol. The molecule has 0 atom stereocenters. The maximum absolute atomic E-state index is 12.5. The number of likely N-dealkylation sites (tertiary alicyclic amines) is 1. The van der Waals surface area contributed by atoms with Gasteiger partial charge in [0, 0.05) is 23.9 Å². The number of carbonyl (C=O) groups is 1. The molecule has 0 bridgehead atoms. The highest BCUT2D eigenvalue weighted by Crippen LogP contribution is 2.24. The zero-order valence-electron chi connectivity index (χ0n) is 18.6. The van der Waals surface area contributed by atoms with Gasteiger partial charge in [-0.15, -0.1) is 0 Å². The Kier molecular flexibility index (Phi) is 7.04. The minimum absolute atomic E-state index is 0.0406. The Morgan fingerprint density at radius 2 is 1.85 bits per heavy atom. The smallest absolute Gasteiger partial charge is 0.291 e. The van der Waals surface area contributed by atoms with Crippen LogP contribution in [0.2, 0.25) is 0 Å². The van der Waals surface area contributed by atoms with Gasteiger partial charge in [0.05, 0.1) is 4.92 Å². The molecule has 1 fully saturated rings. The molecule has 0 spiro atoms. The predicted molar refractivity (Wildman–Crippen MR) is 124 cm³/mol. The Morgan fingerprint density at radius 1 is 1.09 bits per heavy atom. The number of piperidine rings is 1. The second-order valence-corrected chi connectivity index (χ2v) is 8.25. The zero-order chi connectivity index (χ0) is 23.2. The van der Waals surface area contributed by atoms with Crippen LogP contribution in [0.3, 0.4) is 0 Å². The fourth-order valence-corrected chi connectivity index (χ4v) is 3.92. The largest absolute Gasteiger partial charge is 0.486 e. The number of nitrogens with zero attached hydrogens (tertiary/aromatic N) is 2. The number of aryl methyl sites for hydroxylation is 1. The molecule has 0 unspecified atom stereocenters. The molecule has 1 amide bonds. The SMILES string of the molecule is Cc1cc(OCc2ccc(C(=O)Nc3ccc(CN4CCCCC4)cc3)o2)ccc1[N+](=O)[O-]. The third kappa shape index (κ3) is 5.98. The van der Waals surface area contributed by atoms with Crippen LogP contribution in [0.4, 0.5) is 11.4 Å². The van der Waals surface area contributed by atoms with E-state index < -0.39 is 4.92 Å². The fourth-order valence-electron chi connectivity index (χ4n) is 3.92. The molecule has 8 nitrogen and oxygen atoms in total. The van der Waals surface area contributed by atoms with Crippen molar-refractivity contribution in [1.29, 1.82) is 0 Å². The number of benzene rings is 2. The van der Waals surface area contributed by atoms with Crippen LogP contribution in [-0.4, -0.2) is 28.8 Å². The van der Waals surface area contributed by atoms with E-state index in [9.17, 15) is 14.9 Å². The molecule has 172 valence electrons. The van der Waals surface area contributed by atoms with Crippen molar-refractivity contribution in [3.05, 3.63) is 87.4 Å². The molecule has 1 saturated heterocycles. The average molecular weight is 450 g/mol. The molecule has 1 N–H and O–H groups in total. The summed E-state index contributed by atoms with van der Waals surface area (Å²) >= 11 is 0. The van der Waals surface area contributed by atoms with Gasteiger partial charge in [-0.3, -0.25) is 19.8 Å². The Bertz CT molecular complexity index is 1120. The van der Waals surface area contributed by atoms with Crippen LogP contribution in [0.25, 0.3) is 0 Å². The molecule has 0 saturated carbocycles. The van der Waals surface area contributed by atoms with Crippen LogP contribution < -0.4 is 10.1 Å². The minimum Gasteiger partial charge on any atom is -0.486 e. The van der Waals surface area contributed by atoms with E-state index in [0.29, 0.717) is 22.8 Å². The fraction of sp³-hybridized carbons (Fsp3) is 0.320. The van der Waals surface area contributed by atoms with Crippen LogP contribution in [-0.2, 0) is 13.2 Å². The van der Waals surface area contributed by atoms with Gasteiger partial charge in [0.2, 0.25) is 0 Å². The Balaban J connectivity index is 1.29. The van der Waals surface area contributed by atoms with Gasteiger partial charge < -0.3 is 14.5 Å². The highest BCUT2D eigenvalue weighted by molar-refractivity contribution is 6.02. The van der Waals surface area contributed by atoms with Crippen LogP contribution in [0.5, 0.6) is 5.75 Å². The lowest BCUT2D eigenvalue weighted by Crippen LogP contribution is -2.29. The zero-order valence-corrected chi connectivity index (χ0v) is 18.6. The third-order valence-electron chi connectivity index (χ3n) is 5.70.